The van der Waals surface area contributed by atoms with Gasteiger partial charge in [-0.25, -0.2) is 0 Å². The van der Waals surface area contributed by atoms with Crippen LogP contribution in [0, 0.1) is 17.8 Å². The quantitative estimate of drug-likeness (QED) is 0.805. The van der Waals surface area contributed by atoms with E-state index in [4.69, 9.17) is 0 Å². The molecule has 5 atom stereocenters. The molecule has 0 aromatic carbocycles. The molecular weight excluding hydrogens is 242 g/mol. The van der Waals surface area contributed by atoms with E-state index in [2.05, 4.69) is 39.9 Å². The lowest BCUT2D eigenvalue weighted by Gasteiger charge is -2.39. The highest BCUT2D eigenvalue weighted by atomic mass is 32.2. The lowest BCUT2D eigenvalue weighted by atomic mass is 9.80. The van der Waals surface area contributed by atoms with E-state index >= 15 is 0 Å². The van der Waals surface area contributed by atoms with Gasteiger partial charge in [-0.15, -0.1) is 0 Å². The Morgan fingerprint density at radius 2 is 1.94 bits per heavy atom. The molecule has 3 heteroatoms. The second-order valence-electron chi connectivity index (χ2n) is 6.52. The maximum Gasteiger partial charge on any atom is 0.0527 e. The van der Waals surface area contributed by atoms with E-state index in [1.165, 1.54) is 12.8 Å². The van der Waals surface area contributed by atoms with Crippen LogP contribution < -0.4 is 5.32 Å². The van der Waals surface area contributed by atoms with Crippen molar-refractivity contribution in [3.8, 4) is 0 Å². The van der Waals surface area contributed by atoms with E-state index in [0.717, 1.165) is 24.6 Å². The molecule has 1 aliphatic rings. The minimum absolute atomic E-state index is 0.357. The second-order valence-corrected chi connectivity index (χ2v) is 8.16. The minimum Gasteiger partial charge on any atom is -0.313 e. The zero-order valence-electron chi connectivity index (χ0n) is 12.7. The van der Waals surface area contributed by atoms with Crippen LogP contribution in [0.1, 0.15) is 53.9 Å². The average Bonchev–Trinajstić information content (AvgIpc) is 2.23. The average molecular weight is 273 g/mol. The van der Waals surface area contributed by atoms with Crippen LogP contribution in [0.15, 0.2) is 0 Å². The van der Waals surface area contributed by atoms with Crippen molar-refractivity contribution in [3.05, 3.63) is 0 Å². The lowest BCUT2D eigenvalue weighted by Crippen LogP contribution is -2.51. The SMILES string of the molecule is CCCNC1CC(C)CC(C)C1S(=O)CC(C)C. The van der Waals surface area contributed by atoms with Crippen molar-refractivity contribution in [2.24, 2.45) is 17.8 Å². The topological polar surface area (TPSA) is 29.1 Å². The molecule has 5 unspecified atom stereocenters. The maximum absolute atomic E-state index is 12.6. The van der Waals surface area contributed by atoms with Gasteiger partial charge in [0.1, 0.15) is 0 Å². The number of nitrogens with one attached hydrogen (secondary N) is 1. The molecule has 0 saturated heterocycles. The summed E-state index contributed by atoms with van der Waals surface area (Å²) in [4.78, 5) is 0. The normalized spacial score (nSPS) is 34.8. The fraction of sp³-hybridized carbons (Fsp3) is 1.00. The summed E-state index contributed by atoms with van der Waals surface area (Å²) in [5.74, 6) is 2.74. The Morgan fingerprint density at radius 3 is 2.50 bits per heavy atom. The Morgan fingerprint density at radius 1 is 1.28 bits per heavy atom. The molecule has 1 rings (SSSR count). The Labute approximate surface area is 116 Å². The first-order chi connectivity index (χ1) is 8.45. The lowest BCUT2D eigenvalue weighted by molar-refractivity contribution is 0.245. The Kier molecular flexibility index (Phi) is 6.86. The summed E-state index contributed by atoms with van der Waals surface area (Å²) in [6, 6.07) is 0.461. The Hall–Kier alpha value is 0.110. The van der Waals surface area contributed by atoms with Gasteiger partial charge in [-0.2, -0.15) is 0 Å². The van der Waals surface area contributed by atoms with Crippen molar-refractivity contribution in [2.45, 2.75) is 65.2 Å². The third-order valence-electron chi connectivity index (χ3n) is 3.85. The summed E-state index contributed by atoms with van der Waals surface area (Å²) in [5.41, 5.74) is 0. The largest absolute Gasteiger partial charge is 0.313 e. The summed E-state index contributed by atoms with van der Waals surface area (Å²) in [6.45, 7) is 12.2. The molecule has 0 amide bonds. The standard InChI is InChI=1S/C15H31NOS/c1-6-7-16-14-9-12(4)8-13(5)15(14)18(17)10-11(2)3/h11-16H,6-10H2,1-5H3. The van der Waals surface area contributed by atoms with E-state index in [1.807, 2.05) is 0 Å². The minimum atomic E-state index is -0.678. The van der Waals surface area contributed by atoms with Gasteiger partial charge in [0.25, 0.3) is 0 Å². The fourth-order valence-electron chi connectivity index (χ4n) is 3.24. The molecule has 0 aliphatic heterocycles. The van der Waals surface area contributed by atoms with Gasteiger partial charge in [0, 0.05) is 22.6 Å². The van der Waals surface area contributed by atoms with Gasteiger partial charge < -0.3 is 5.32 Å². The van der Waals surface area contributed by atoms with E-state index in [-0.39, 0.29) is 0 Å². The summed E-state index contributed by atoms with van der Waals surface area (Å²) in [7, 11) is -0.678. The van der Waals surface area contributed by atoms with Gasteiger partial charge in [0.05, 0.1) is 5.25 Å². The first kappa shape index (κ1) is 16.2. The Balaban J connectivity index is 2.70. The zero-order valence-corrected chi connectivity index (χ0v) is 13.6. The van der Waals surface area contributed by atoms with Crippen molar-refractivity contribution in [1.29, 1.82) is 0 Å². The van der Waals surface area contributed by atoms with Crippen LogP contribution in [0.4, 0.5) is 0 Å². The molecule has 1 saturated carbocycles. The third kappa shape index (κ3) is 4.65. The van der Waals surface area contributed by atoms with Crippen LogP contribution in [-0.2, 0) is 10.8 Å². The van der Waals surface area contributed by atoms with E-state index in [0.29, 0.717) is 23.1 Å². The molecule has 1 N–H and O–H groups in total. The highest BCUT2D eigenvalue weighted by molar-refractivity contribution is 7.85. The van der Waals surface area contributed by atoms with Crippen LogP contribution >= 0.6 is 0 Å². The zero-order chi connectivity index (χ0) is 13.7. The molecule has 0 spiro atoms. The molecule has 1 fully saturated rings. The molecule has 18 heavy (non-hydrogen) atoms. The van der Waals surface area contributed by atoms with Crippen molar-refractivity contribution >= 4 is 10.8 Å². The summed E-state index contributed by atoms with van der Waals surface area (Å²) in [5, 5.41) is 4.00. The smallest absolute Gasteiger partial charge is 0.0527 e. The van der Waals surface area contributed by atoms with Crippen LogP contribution in [0.3, 0.4) is 0 Å². The van der Waals surface area contributed by atoms with Crippen molar-refractivity contribution in [1.82, 2.24) is 5.32 Å². The van der Waals surface area contributed by atoms with Gasteiger partial charge in [0.2, 0.25) is 0 Å². The summed E-state index contributed by atoms with van der Waals surface area (Å²) >= 11 is 0. The van der Waals surface area contributed by atoms with Crippen molar-refractivity contribution in [2.75, 3.05) is 12.3 Å². The molecule has 1 aliphatic carbocycles. The van der Waals surface area contributed by atoms with Crippen molar-refractivity contribution < 1.29 is 4.21 Å². The molecule has 0 aromatic rings. The molecule has 0 aromatic heterocycles. The van der Waals surface area contributed by atoms with Crippen LogP contribution in [0.5, 0.6) is 0 Å². The monoisotopic (exact) mass is 273 g/mol. The van der Waals surface area contributed by atoms with Crippen molar-refractivity contribution in [3.63, 3.8) is 0 Å². The summed E-state index contributed by atoms with van der Waals surface area (Å²) in [6.07, 6.45) is 3.58. The van der Waals surface area contributed by atoms with E-state index < -0.39 is 10.8 Å². The molecule has 108 valence electrons. The predicted octanol–water partition coefficient (Wildman–Crippen LogP) is 3.19. The third-order valence-corrected chi connectivity index (χ3v) is 6.24. The first-order valence-electron chi connectivity index (χ1n) is 7.56. The van der Waals surface area contributed by atoms with Gasteiger partial charge in [-0.1, -0.05) is 34.6 Å². The van der Waals surface area contributed by atoms with Crippen LogP contribution in [0.25, 0.3) is 0 Å². The van der Waals surface area contributed by atoms with Crippen LogP contribution in [0.2, 0.25) is 0 Å². The highest BCUT2D eigenvalue weighted by Crippen LogP contribution is 2.32. The molecule has 0 radical (unpaired) electrons. The van der Waals surface area contributed by atoms with E-state index in [9.17, 15) is 4.21 Å². The molecule has 0 heterocycles. The maximum atomic E-state index is 12.6. The highest BCUT2D eigenvalue weighted by Gasteiger charge is 2.37. The fourth-order valence-corrected chi connectivity index (χ4v) is 5.32. The Bertz CT molecular complexity index is 267. The number of hydrogen-bond acceptors (Lipinski definition) is 2. The molecule has 2 nitrogen and oxygen atoms in total. The van der Waals surface area contributed by atoms with Gasteiger partial charge in [0.15, 0.2) is 0 Å². The van der Waals surface area contributed by atoms with Gasteiger partial charge in [-0.3, -0.25) is 4.21 Å². The van der Waals surface area contributed by atoms with Crippen LogP contribution in [-0.4, -0.2) is 27.8 Å². The van der Waals surface area contributed by atoms with Gasteiger partial charge in [-0.05, 0) is 43.6 Å². The molecule has 0 bridgehead atoms. The summed E-state index contributed by atoms with van der Waals surface area (Å²) < 4.78 is 12.6. The van der Waals surface area contributed by atoms with Gasteiger partial charge >= 0.3 is 0 Å². The first-order valence-corrected chi connectivity index (χ1v) is 8.94. The number of hydrogen-bond donors (Lipinski definition) is 1. The molecular formula is C15H31NOS. The van der Waals surface area contributed by atoms with E-state index in [1.54, 1.807) is 0 Å². The predicted molar refractivity (Wildman–Crippen MR) is 81.3 cm³/mol. The number of rotatable bonds is 6. The second kappa shape index (κ2) is 7.64.